The molecule has 2 aromatic heterocycles. The number of hydrogen-bond donors (Lipinski definition) is 20. The lowest BCUT2D eigenvalue weighted by molar-refractivity contribution is -0.145. The SMILES string of the molecule is CNC(=O)[C@H](Cc1c[nH]c2ccccc12)NC(=O)[C@H](CO)NC(=O)[C@@H](Cc1c[nH]c2ccccc12)NC(=O)[C@@H]1C[C@@H](O)CN1C(=O)[C@H](CC(C)C)NC(=O)[C@H](CN)NC(=O)[C@@H]1CCCN1C(=O)[C@H](CC(N)=O)NC(=O)[C@H](C)N(C)C(=O)[C@H](Cc1ccc(O)cc1)NC(=O)CSC[C@@H](NC(=O)[C@@H](C)NC(=O)[C@H]1CC/C=C\CC[C@H](N)C(=O)N1C)C(=O)NCC(N)=O. The minimum absolute atomic E-state index is 0.0133. The Kier molecular flexibility index (Phi) is 36.2. The molecule has 3 aromatic carbocycles. The molecule has 17 amide bonds. The Hall–Kier alpha value is -12.5. The molecular weight excluding hydrogens is 1640 g/mol. The van der Waals surface area contributed by atoms with Crippen LogP contribution in [0.25, 0.3) is 21.8 Å². The third-order valence-electron chi connectivity index (χ3n) is 21.9. The van der Waals surface area contributed by atoms with Gasteiger partial charge in [-0.2, -0.15) is 0 Å². The Bertz CT molecular complexity index is 4770. The van der Waals surface area contributed by atoms with Crippen molar-refractivity contribution in [1.29, 1.82) is 0 Å². The Morgan fingerprint density at radius 1 is 0.584 bits per heavy atom. The molecule has 0 spiro atoms. The summed E-state index contributed by atoms with van der Waals surface area (Å²) in [7, 11) is 4.03. The number of β-amino-alcohol motifs (C(OH)–C–C–N with tert-alkyl or cyclic N) is 1. The number of benzene rings is 3. The minimum Gasteiger partial charge on any atom is -0.508 e. The van der Waals surface area contributed by atoms with Crippen LogP contribution in [0.15, 0.2) is 97.3 Å². The van der Waals surface area contributed by atoms with Gasteiger partial charge in [-0.05, 0) is 106 Å². The number of nitrogens with two attached hydrogens (primary N) is 4. The third-order valence-corrected chi connectivity index (χ3v) is 23.0. The zero-order chi connectivity index (χ0) is 91.6. The van der Waals surface area contributed by atoms with Crippen LogP contribution >= 0.6 is 11.8 Å². The van der Waals surface area contributed by atoms with E-state index in [4.69, 9.17) is 22.9 Å². The van der Waals surface area contributed by atoms with Crippen LogP contribution in [0.5, 0.6) is 5.75 Å². The van der Waals surface area contributed by atoms with Crippen LogP contribution in [0.3, 0.4) is 0 Å². The summed E-state index contributed by atoms with van der Waals surface area (Å²) in [4.78, 5) is 247. The number of aliphatic hydroxyl groups is 2. The monoisotopic (exact) mass is 1760 g/mol. The number of aromatic hydroxyl groups is 1. The number of aromatic amines is 2. The van der Waals surface area contributed by atoms with Gasteiger partial charge in [0.15, 0.2) is 0 Å². The van der Waals surface area contributed by atoms with E-state index in [9.17, 15) is 96.8 Å². The highest BCUT2D eigenvalue weighted by Gasteiger charge is 2.46. The summed E-state index contributed by atoms with van der Waals surface area (Å²) in [6, 6.07) is 0.329. The number of thioether (sulfide) groups is 1. The van der Waals surface area contributed by atoms with Crippen molar-refractivity contribution < 1.29 is 96.8 Å². The normalized spacial score (nSPS) is 19.2. The second kappa shape index (κ2) is 46.3. The molecule has 2 fully saturated rings. The lowest BCUT2D eigenvalue weighted by Crippen LogP contribution is -2.61. The fraction of sp³-hybridized carbons (Fsp3) is 0.506. The molecule has 125 heavy (non-hydrogen) atoms. The van der Waals surface area contributed by atoms with E-state index in [2.05, 4.69) is 68.5 Å². The largest absolute Gasteiger partial charge is 0.508 e. The van der Waals surface area contributed by atoms with Crippen LogP contribution < -0.4 is 81.4 Å². The number of H-pyrrole nitrogens is 2. The molecule has 678 valence electrons. The van der Waals surface area contributed by atoms with Crippen molar-refractivity contribution in [3.05, 3.63) is 114 Å². The van der Waals surface area contributed by atoms with E-state index >= 15 is 0 Å². The van der Waals surface area contributed by atoms with E-state index in [-0.39, 0.29) is 75.3 Å². The van der Waals surface area contributed by atoms with Gasteiger partial charge in [0, 0.05) is 106 Å². The number of likely N-dealkylation sites (tertiary alicyclic amines) is 2. The topological polar surface area (TPSA) is 632 Å². The molecule has 41 nitrogen and oxygen atoms in total. The maximum Gasteiger partial charge on any atom is 0.246 e. The number of para-hydroxylation sites is 2. The van der Waals surface area contributed by atoms with Crippen LogP contribution in [-0.4, -0.2) is 301 Å². The highest BCUT2D eigenvalue weighted by Crippen LogP contribution is 2.27. The number of allylic oxidation sites excluding steroid dienone is 2. The van der Waals surface area contributed by atoms with Gasteiger partial charge in [0.2, 0.25) is 100 Å². The smallest absolute Gasteiger partial charge is 0.246 e. The van der Waals surface area contributed by atoms with Gasteiger partial charge in [0.1, 0.15) is 84.3 Å². The standard InChI is InChI=1S/C83H115N21O20S/c1-43(2)29-58(83(124)104-39-50(107)33-66(104)79(120)95-57(32-48-37-90-55-21-15-13-18-52(48)55)74(115)99-62(40-105)76(117)94-56(72(113)88-5)31-47-36-89-54-20-14-12-17-51(47)54)97-75(116)61(35-84)98-78(119)65-23-16-28-103(65)82(123)60(34-67(86)108)96-71(112)45(4)101(6)81(122)59(30-46-24-26-49(106)27-25-46)93-69(110)42-125-41-63(73(114)91-38-68(87)109)100-70(111)44(3)92-77(118)64-22-11-9-8-10-19-53(85)80(121)102(64)7/h8-9,12-15,17-18,20-21,24-27,36-37,43-45,50,53,56-66,89-90,105-107H,10-11,16,19,22-23,28-35,38-42,84-85H2,1-7H3,(H2,86,108)(H2,87,109)(H,88,113)(H,91,114)(H,92,118)(H,93,110)(H,94,117)(H,95,120)(H,96,112)(H,97,116)(H,98,119)(H,99,115)(H,100,111)/b9-8-/t44-,45+,50-,53+,56+,57-,58+,59+,60+,61+,62+,63-,64-,65+,66+/m1/s1. The predicted octanol–water partition coefficient (Wildman–Crippen LogP) is -5.20. The van der Waals surface area contributed by atoms with Crippen LogP contribution in [0.1, 0.15) is 102 Å². The number of carbonyl (C=O) groups excluding carboxylic acids is 17. The van der Waals surface area contributed by atoms with Crippen LogP contribution in [-0.2, 0) is 101 Å². The van der Waals surface area contributed by atoms with E-state index in [1.54, 1.807) is 50.5 Å². The summed E-state index contributed by atoms with van der Waals surface area (Å²) in [5, 5.41) is 61.4. The molecule has 2 saturated heterocycles. The zero-order valence-electron chi connectivity index (χ0n) is 70.7. The number of phenols is 1. The fourth-order valence-corrected chi connectivity index (χ4v) is 15.8. The summed E-state index contributed by atoms with van der Waals surface area (Å²) in [5.74, 6) is -16.0. The van der Waals surface area contributed by atoms with E-state index < -0.39 is 230 Å². The first-order valence-electron chi connectivity index (χ1n) is 41.2. The van der Waals surface area contributed by atoms with Gasteiger partial charge in [-0.3, -0.25) is 81.5 Å². The van der Waals surface area contributed by atoms with E-state index in [0.717, 1.165) is 37.4 Å². The number of hydrogen-bond acceptors (Lipinski definition) is 23. The van der Waals surface area contributed by atoms with E-state index in [0.29, 0.717) is 46.9 Å². The molecule has 15 atom stereocenters. The molecule has 42 heteroatoms. The summed E-state index contributed by atoms with van der Waals surface area (Å²) < 4.78 is 0. The Morgan fingerprint density at radius 2 is 1.13 bits per heavy atom. The van der Waals surface area contributed by atoms with Crippen molar-refractivity contribution in [2.75, 3.05) is 65.4 Å². The molecule has 0 aliphatic carbocycles. The second-order valence-electron chi connectivity index (χ2n) is 31.7. The van der Waals surface area contributed by atoms with Gasteiger partial charge in [-0.25, -0.2) is 0 Å². The third kappa shape index (κ3) is 27.2. The summed E-state index contributed by atoms with van der Waals surface area (Å²) in [5.41, 5.74) is 26.3. The molecule has 0 saturated carbocycles. The Morgan fingerprint density at radius 3 is 1.73 bits per heavy atom. The van der Waals surface area contributed by atoms with Crippen molar-refractivity contribution >= 4 is 134 Å². The molecule has 3 aliphatic rings. The first-order valence-corrected chi connectivity index (χ1v) is 42.4. The average Bonchev–Trinajstić information content (AvgIpc) is 1.70. The lowest BCUT2D eigenvalue weighted by atomic mass is 10.0. The molecule has 5 heterocycles. The van der Waals surface area contributed by atoms with Crippen molar-refractivity contribution in [2.24, 2.45) is 28.9 Å². The number of fused-ring (bicyclic) bond motifs is 2. The first kappa shape index (κ1) is 97.9. The number of primary amides is 2. The van der Waals surface area contributed by atoms with Crippen molar-refractivity contribution in [1.82, 2.24) is 88.1 Å². The van der Waals surface area contributed by atoms with Gasteiger partial charge in [-0.15, -0.1) is 11.8 Å². The number of rotatable bonds is 41. The summed E-state index contributed by atoms with van der Waals surface area (Å²) in [6.07, 6.45) is 5.78. The van der Waals surface area contributed by atoms with Gasteiger partial charge >= 0.3 is 0 Å². The number of aromatic nitrogens is 2. The van der Waals surface area contributed by atoms with E-state index in [1.165, 1.54) is 64.2 Å². The highest BCUT2D eigenvalue weighted by atomic mass is 32.2. The number of aliphatic hydroxyl groups excluding tert-OH is 2. The Labute approximate surface area is 725 Å². The van der Waals surface area contributed by atoms with E-state index in [1.807, 2.05) is 36.4 Å². The van der Waals surface area contributed by atoms with Gasteiger partial charge in [-0.1, -0.05) is 74.5 Å². The molecular formula is C83H115N21O20S. The highest BCUT2D eigenvalue weighted by molar-refractivity contribution is 8.00. The quantitative estimate of drug-likeness (QED) is 0.0163. The van der Waals surface area contributed by atoms with Crippen molar-refractivity contribution in [2.45, 2.75) is 195 Å². The summed E-state index contributed by atoms with van der Waals surface area (Å²) in [6.45, 7) is 3.37. The molecule has 5 aromatic rings. The zero-order valence-corrected chi connectivity index (χ0v) is 71.5. The summed E-state index contributed by atoms with van der Waals surface area (Å²) >= 11 is 0.806. The number of amides is 17. The van der Waals surface area contributed by atoms with Crippen molar-refractivity contribution in [3.63, 3.8) is 0 Å². The Balaban J connectivity index is 0.899. The lowest BCUT2D eigenvalue weighted by Gasteiger charge is -2.32. The molecule has 8 rings (SSSR count). The van der Waals surface area contributed by atoms with Gasteiger partial charge < -0.3 is 126 Å². The minimum atomic E-state index is -1.77. The second-order valence-corrected chi connectivity index (χ2v) is 32.7. The maximum absolute atomic E-state index is 14.9. The van der Waals surface area contributed by atoms with Crippen LogP contribution in [0, 0.1) is 5.92 Å². The number of nitrogens with one attached hydrogen (secondary N) is 13. The van der Waals surface area contributed by atoms with Gasteiger partial charge in [0.05, 0.1) is 37.5 Å². The number of phenolic OH excluding ortho intramolecular Hbond substituents is 1. The molecule has 3 aliphatic heterocycles. The van der Waals surface area contributed by atoms with Gasteiger partial charge in [0.25, 0.3) is 0 Å². The molecule has 0 unspecified atom stereocenters. The average molecular weight is 1760 g/mol. The maximum atomic E-state index is 14.9. The number of likely N-dealkylation sites (N-methyl/N-ethyl adjacent to an activating group) is 3. The molecule has 24 N–H and O–H groups in total. The molecule has 0 bridgehead atoms. The van der Waals surface area contributed by atoms with Crippen LogP contribution in [0.4, 0.5) is 0 Å². The van der Waals surface area contributed by atoms with Crippen LogP contribution in [0.2, 0.25) is 0 Å². The predicted molar refractivity (Wildman–Crippen MR) is 457 cm³/mol. The number of carbonyl (C=O) groups is 17. The molecule has 0 radical (unpaired) electrons. The fourth-order valence-electron chi connectivity index (χ4n) is 15.0. The van der Waals surface area contributed by atoms with Crippen molar-refractivity contribution in [3.8, 4) is 5.75 Å². The number of nitrogens with zero attached hydrogens (tertiary/aromatic N) is 4. The first-order chi connectivity index (χ1) is 59.4.